The van der Waals surface area contributed by atoms with Gasteiger partial charge in [-0.1, -0.05) is 12.1 Å². The summed E-state index contributed by atoms with van der Waals surface area (Å²) in [5.74, 6) is 0. The van der Waals surface area contributed by atoms with Crippen LogP contribution in [-0.2, 0) is 0 Å². The first-order chi connectivity index (χ1) is 6.20. The fourth-order valence-corrected chi connectivity index (χ4v) is 2.41. The Kier molecular flexibility index (Phi) is 1.77. The lowest BCUT2D eigenvalue weighted by Gasteiger charge is -1.88. The number of thiophene rings is 1. The van der Waals surface area contributed by atoms with Gasteiger partial charge in [0.25, 0.3) is 5.69 Å². The Morgan fingerprint density at radius 2 is 2.08 bits per heavy atom. The average molecular weight is 193 g/mol. The third kappa shape index (κ3) is 1.19. The molecule has 2 aromatic rings. The van der Waals surface area contributed by atoms with Crippen LogP contribution in [0.3, 0.4) is 0 Å². The van der Waals surface area contributed by atoms with Crippen molar-refractivity contribution in [2.75, 3.05) is 0 Å². The van der Waals surface area contributed by atoms with Crippen molar-refractivity contribution < 1.29 is 4.92 Å². The van der Waals surface area contributed by atoms with Gasteiger partial charge in [0.1, 0.15) is 0 Å². The molecule has 0 amide bonds. The Labute approximate surface area is 78.8 Å². The lowest BCUT2D eigenvalue weighted by molar-refractivity contribution is -0.383. The molecule has 0 unspecified atom stereocenters. The Balaban J connectivity index is 2.86. The molecule has 0 bridgehead atoms. The molecule has 0 fully saturated rings. The van der Waals surface area contributed by atoms with E-state index in [1.807, 2.05) is 18.2 Å². The smallest absolute Gasteiger partial charge is 0.258 e. The second kappa shape index (κ2) is 2.81. The number of hydrogen-bond donors (Lipinski definition) is 0. The quantitative estimate of drug-likeness (QED) is 0.516. The zero-order valence-electron chi connectivity index (χ0n) is 6.98. The molecule has 0 atom stereocenters. The van der Waals surface area contributed by atoms with E-state index < -0.39 is 0 Å². The number of fused-ring (bicyclic) bond motifs is 1. The molecule has 0 aliphatic carbocycles. The molecule has 0 radical (unpaired) electrons. The van der Waals surface area contributed by atoms with E-state index in [4.69, 9.17) is 0 Å². The first kappa shape index (κ1) is 8.19. The third-order valence-electron chi connectivity index (χ3n) is 1.92. The van der Waals surface area contributed by atoms with Crippen LogP contribution >= 0.6 is 11.3 Å². The number of hydrogen-bond acceptors (Lipinski definition) is 3. The van der Waals surface area contributed by atoms with Gasteiger partial charge in [-0.2, -0.15) is 0 Å². The minimum absolute atomic E-state index is 0.251. The van der Waals surface area contributed by atoms with Crippen LogP contribution < -0.4 is 0 Å². The number of nitro groups is 1. The van der Waals surface area contributed by atoms with E-state index in [2.05, 4.69) is 0 Å². The van der Waals surface area contributed by atoms with Crippen molar-refractivity contribution in [1.82, 2.24) is 0 Å². The fourth-order valence-electron chi connectivity index (χ4n) is 1.38. The van der Waals surface area contributed by atoms with Crippen LogP contribution in [0.5, 0.6) is 0 Å². The summed E-state index contributed by atoms with van der Waals surface area (Å²) in [5, 5.41) is 11.5. The molecule has 1 heterocycles. The number of rotatable bonds is 1. The minimum atomic E-state index is -0.311. The molecule has 1 aromatic heterocycles. The van der Waals surface area contributed by atoms with Crippen LogP contribution in [0.15, 0.2) is 24.3 Å². The van der Waals surface area contributed by atoms with E-state index in [1.165, 1.54) is 11.3 Å². The van der Waals surface area contributed by atoms with Crippen molar-refractivity contribution >= 4 is 27.1 Å². The molecule has 2 rings (SSSR count). The summed E-state index contributed by atoms with van der Waals surface area (Å²) in [5.41, 5.74) is 0.251. The molecular weight excluding hydrogens is 186 g/mol. The lowest BCUT2D eigenvalue weighted by atomic mass is 10.2. The largest absolute Gasteiger partial charge is 0.290 e. The standard InChI is InChI=1S/C9H7NO2S/c1-6-9(10(11)12)7-4-2-3-5-8(7)13-6/h2-5H,1H3. The first-order valence-electron chi connectivity index (χ1n) is 3.82. The molecule has 0 saturated carbocycles. The summed E-state index contributed by atoms with van der Waals surface area (Å²) in [6.45, 7) is 1.78. The molecule has 66 valence electrons. The monoisotopic (exact) mass is 193 g/mol. The van der Waals surface area contributed by atoms with Gasteiger partial charge in [-0.25, -0.2) is 0 Å². The summed E-state index contributed by atoms with van der Waals surface area (Å²) >= 11 is 1.47. The third-order valence-corrected chi connectivity index (χ3v) is 3.00. The highest BCUT2D eigenvalue weighted by Gasteiger charge is 2.17. The van der Waals surface area contributed by atoms with E-state index in [9.17, 15) is 10.1 Å². The number of aryl methyl sites for hydroxylation is 1. The topological polar surface area (TPSA) is 43.1 Å². The van der Waals surface area contributed by atoms with Crippen LogP contribution in [-0.4, -0.2) is 4.92 Å². The Hall–Kier alpha value is -1.42. The minimum Gasteiger partial charge on any atom is -0.258 e. The van der Waals surface area contributed by atoms with Gasteiger partial charge in [-0.05, 0) is 19.1 Å². The van der Waals surface area contributed by atoms with Gasteiger partial charge in [-0.15, -0.1) is 11.3 Å². The SMILES string of the molecule is Cc1sc2ccccc2c1[N+](=O)[O-]. The van der Waals surface area contributed by atoms with Crippen molar-refractivity contribution in [3.63, 3.8) is 0 Å². The van der Waals surface area contributed by atoms with Crippen molar-refractivity contribution in [3.8, 4) is 0 Å². The first-order valence-corrected chi connectivity index (χ1v) is 4.64. The molecule has 0 aliphatic heterocycles. The van der Waals surface area contributed by atoms with E-state index in [1.54, 1.807) is 13.0 Å². The summed E-state index contributed by atoms with van der Waals surface area (Å²) in [6, 6.07) is 7.40. The second-order valence-electron chi connectivity index (χ2n) is 2.76. The highest BCUT2D eigenvalue weighted by molar-refractivity contribution is 7.19. The maximum absolute atomic E-state index is 10.7. The van der Waals surface area contributed by atoms with Crippen LogP contribution in [0.2, 0.25) is 0 Å². The fraction of sp³-hybridized carbons (Fsp3) is 0.111. The van der Waals surface area contributed by atoms with Gasteiger partial charge in [0.15, 0.2) is 0 Å². The molecule has 1 aromatic carbocycles. The Morgan fingerprint density at radius 3 is 2.77 bits per heavy atom. The highest BCUT2D eigenvalue weighted by Crippen LogP contribution is 2.36. The average Bonchev–Trinajstić information content (AvgIpc) is 2.39. The van der Waals surface area contributed by atoms with Crippen LogP contribution in [0.25, 0.3) is 10.1 Å². The van der Waals surface area contributed by atoms with Crippen LogP contribution in [0.1, 0.15) is 4.88 Å². The van der Waals surface area contributed by atoms with E-state index in [-0.39, 0.29) is 10.6 Å². The van der Waals surface area contributed by atoms with Crippen molar-refractivity contribution in [2.24, 2.45) is 0 Å². The second-order valence-corrected chi connectivity index (χ2v) is 4.02. The van der Waals surface area contributed by atoms with Gasteiger partial charge < -0.3 is 0 Å². The summed E-state index contributed by atoms with van der Waals surface area (Å²) in [7, 11) is 0. The molecule has 0 spiro atoms. The molecular formula is C9H7NO2S. The van der Waals surface area contributed by atoms with Gasteiger partial charge in [0.2, 0.25) is 0 Å². The molecule has 3 nitrogen and oxygen atoms in total. The Bertz CT molecular complexity index is 475. The van der Waals surface area contributed by atoms with Crippen LogP contribution in [0.4, 0.5) is 5.69 Å². The summed E-state index contributed by atoms with van der Waals surface area (Å²) < 4.78 is 0.978. The van der Waals surface area contributed by atoms with Crippen molar-refractivity contribution in [1.29, 1.82) is 0 Å². The summed E-state index contributed by atoms with van der Waals surface area (Å²) in [4.78, 5) is 11.2. The maximum Gasteiger partial charge on any atom is 0.290 e. The maximum atomic E-state index is 10.7. The molecule has 4 heteroatoms. The van der Waals surface area contributed by atoms with Gasteiger partial charge in [0.05, 0.1) is 15.2 Å². The van der Waals surface area contributed by atoms with Gasteiger partial charge in [-0.3, -0.25) is 10.1 Å². The molecule has 0 saturated heterocycles. The zero-order chi connectivity index (χ0) is 9.42. The van der Waals surface area contributed by atoms with E-state index in [0.29, 0.717) is 0 Å². The molecule has 0 N–H and O–H groups in total. The molecule has 0 aliphatic rings. The Morgan fingerprint density at radius 1 is 1.38 bits per heavy atom. The highest BCUT2D eigenvalue weighted by atomic mass is 32.1. The van der Waals surface area contributed by atoms with Crippen molar-refractivity contribution in [2.45, 2.75) is 6.92 Å². The normalized spacial score (nSPS) is 10.5. The van der Waals surface area contributed by atoms with Gasteiger partial charge in [0, 0.05) is 4.70 Å². The van der Waals surface area contributed by atoms with Gasteiger partial charge >= 0.3 is 0 Å². The van der Waals surface area contributed by atoms with Crippen molar-refractivity contribution in [3.05, 3.63) is 39.3 Å². The predicted octanol–water partition coefficient (Wildman–Crippen LogP) is 3.12. The number of nitrogens with zero attached hydrogens (tertiary/aromatic N) is 1. The lowest BCUT2D eigenvalue weighted by Crippen LogP contribution is -1.87. The predicted molar refractivity (Wildman–Crippen MR) is 53.2 cm³/mol. The summed E-state index contributed by atoms with van der Waals surface area (Å²) in [6.07, 6.45) is 0. The van der Waals surface area contributed by atoms with E-state index >= 15 is 0 Å². The van der Waals surface area contributed by atoms with E-state index in [0.717, 1.165) is 15.0 Å². The number of benzene rings is 1. The molecule has 13 heavy (non-hydrogen) atoms. The van der Waals surface area contributed by atoms with Crippen LogP contribution in [0, 0.1) is 17.0 Å². The zero-order valence-corrected chi connectivity index (χ0v) is 7.80.